The van der Waals surface area contributed by atoms with Crippen molar-refractivity contribution in [3.8, 4) is 0 Å². The third kappa shape index (κ3) is 8.40. The lowest BCUT2D eigenvalue weighted by Gasteiger charge is -2.35. The Labute approximate surface area is 263 Å². The molecule has 0 bridgehead atoms. The number of nitrogens with one attached hydrogen (secondary N) is 1. The lowest BCUT2D eigenvalue weighted by Crippen LogP contribution is -2.55. The second-order valence-electron chi connectivity index (χ2n) is 11.2. The van der Waals surface area contributed by atoms with Crippen LogP contribution in [-0.4, -0.2) is 43.3 Å². The second-order valence-corrected chi connectivity index (χ2v) is 14.3. The summed E-state index contributed by atoms with van der Waals surface area (Å²) in [6, 6.07) is 15.1. The molecule has 11 heteroatoms. The monoisotopic (exact) mass is 651 g/mol. The van der Waals surface area contributed by atoms with Crippen molar-refractivity contribution >= 4 is 62.3 Å². The number of hydrogen-bond donors (Lipinski definition) is 1. The van der Waals surface area contributed by atoms with Gasteiger partial charge in [0.2, 0.25) is 11.8 Å². The smallest absolute Gasteiger partial charge is 0.264 e. The fraction of sp³-hybridized carbons (Fsp3) is 0.355. The first kappa shape index (κ1) is 33.7. The van der Waals surface area contributed by atoms with Crippen LogP contribution in [0.5, 0.6) is 0 Å². The van der Waals surface area contributed by atoms with Gasteiger partial charge in [0.1, 0.15) is 12.6 Å². The van der Waals surface area contributed by atoms with E-state index in [1.54, 1.807) is 56.3 Å². The Morgan fingerprint density at radius 2 is 1.55 bits per heavy atom. The molecule has 2 amide bonds. The van der Waals surface area contributed by atoms with Crippen LogP contribution >= 0.6 is 34.8 Å². The summed E-state index contributed by atoms with van der Waals surface area (Å²) >= 11 is 19.0. The molecule has 0 saturated heterocycles. The number of halogens is 3. The first-order valence-corrected chi connectivity index (χ1v) is 16.0. The van der Waals surface area contributed by atoms with Crippen LogP contribution in [0.2, 0.25) is 15.1 Å². The minimum atomic E-state index is -4.21. The molecular weight excluding hydrogens is 617 g/mol. The molecule has 0 aliphatic carbocycles. The van der Waals surface area contributed by atoms with Crippen LogP contribution in [0, 0.1) is 13.8 Å². The van der Waals surface area contributed by atoms with Crippen LogP contribution in [0.1, 0.15) is 50.8 Å². The van der Waals surface area contributed by atoms with Gasteiger partial charge < -0.3 is 10.2 Å². The summed E-state index contributed by atoms with van der Waals surface area (Å²) in [5.74, 6) is -0.959. The van der Waals surface area contributed by atoms with Crippen molar-refractivity contribution in [1.29, 1.82) is 0 Å². The number of hydrogen-bond acceptors (Lipinski definition) is 4. The number of anilines is 1. The summed E-state index contributed by atoms with van der Waals surface area (Å²) < 4.78 is 29.0. The Hall–Kier alpha value is -2.78. The largest absolute Gasteiger partial charge is 0.350 e. The first-order chi connectivity index (χ1) is 19.5. The van der Waals surface area contributed by atoms with Crippen molar-refractivity contribution in [3.05, 3.63) is 92.4 Å². The number of carbonyl (C=O) groups excluding carboxylic acids is 2. The van der Waals surface area contributed by atoms with E-state index >= 15 is 0 Å². The maximum atomic E-state index is 14.2. The Kier molecular flexibility index (Phi) is 11.0. The van der Waals surface area contributed by atoms with Crippen LogP contribution < -0.4 is 9.62 Å². The van der Waals surface area contributed by atoms with Crippen molar-refractivity contribution in [2.24, 2.45) is 0 Å². The molecule has 0 saturated carbocycles. The van der Waals surface area contributed by atoms with E-state index < -0.39 is 34.1 Å². The number of nitrogens with zero attached hydrogens (tertiary/aromatic N) is 2. The molecule has 1 unspecified atom stereocenters. The number of amides is 2. The van der Waals surface area contributed by atoms with Gasteiger partial charge in [0.05, 0.1) is 10.6 Å². The molecule has 0 aliphatic rings. The van der Waals surface area contributed by atoms with Gasteiger partial charge >= 0.3 is 0 Å². The third-order valence-electron chi connectivity index (χ3n) is 6.57. The van der Waals surface area contributed by atoms with Crippen molar-refractivity contribution in [3.63, 3.8) is 0 Å². The fourth-order valence-corrected chi connectivity index (χ4v) is 6.36. The summed E-state index contributed by atoms with van der Waals surface area (Å²) in [5, 5.41) is 4.03. The maximum Gasteiger partial charge on any atom is 0.264 e. The molecule has 0 spiro atoms. The molecule has 3 rings (SSSR count). The zero-order chi connectivity index (χ0) is 31.4. The highest BCUT2D eigenvalue weighted by molar-refractivity contribution is 7.92. The first-order valence-electron chi connectivity index (χ1n) is 13.4. The lowest BCUT2D eigenvalue weighted by molar-refractivity contribution is -0.141. The molecule has 1 N–H and O–H groups in total. The van der Waals surface area contributed by atoms with E-state index in [4.69, 9.17) is 34.8 Å². The number of sulfonamides is 1. The van der Waals surface area contributed by atoms with Crippen molar-refractivity contribution in [2.75, 3.05) is 10.8 Å². The maximum absolute atomic E-state index is 14.2. The molecule has 0 aliphatic heterocycles. The summed E-state index contributed by atoms with van der Waals surface area (Å²) in [6.45, 7) is 10.3. The Balaban J connectivity index is 2.12. The van der Waals surface area contributed by atoms with Gasteiger partial charge in [0.25, 0.3) is 10.0 Å². The number of rotatable bonds is 10. The van der Waals surface area contributed by atoms with Gasteiger partial charge in [0, 0.05) is 27.2 Å². The van der Waals surface area contributed by atoms with Crippen LogP contribution in [-0.2, 0) is 26.2 Å². The Bertz CT molecular complexity index is 1550. The van der Waals surface area contributed by atoms with Crippen LogP contribution in [0.4, 0.5) is 5.69 Å². The number of carbonyl (C=O) groups is 2. The fourth-order valence-electron chi connectivity index (χ4n) is 4.31. The normalized spacial score (nSPS) is 12.5. The van der Waals surface area contributed by atoms with Gasteiger partial charge in [-0.15, -0.1) is 0 Å². The molecule has 7 nitrogen and oxygen atoms in total. The summed E-state index contributed by atoms with van der Waals surface area (Å²) in [5.41, 5.74) is 1.86. The second kappa shape index (κ2) is 13.7. The van der Waals surface area contributed by atoms with E-state index in [2.05, 4.69) is 5.32 Å². The molecule has 42 heavy (non-hydrogen) atoms. The van der Waals surface area contributed by atoms with E-state index in [0.717, 1.165) is 15.4 Å². The molecule has 3 aromatic rings. The topological polar surface area (TPSA) is 86.8 Å². The van der Waals surface area contributed by atoms with Crippen molar-refractivity contribution in [1.82, 2.24) is 10.2 Å². The van der Waals surface area contributed by atoms with E-state index in [0.29, 0.717) is 20.6 Å². The highest BCUT2D eigenvalue weighted by Crippen LogP contribution is 2.30. The molecular formula is C31H36Cl3N3O4S. The van der Waals surface area contributed by atoms with E-state index in [1.165, 1.54) is 23.1 Å². The molecule has 0 heterocycles. The Morgan fingerprint density at radius 3 is 2.10 bits per heavy atom. The third-order valence-corrected chi connectivity index (χ3v) is 9.35. The molecule has 3 aromatic carbocycles. The van der Waals surface area contributed by atoms with Gasteiger partial charge in [-0.2, -0.15) is 0 Å². The minimum absolute atomic E-state index is 0.0161. The standard InChI is InChI=1S/C31H36Cl3N3O4S/c1-7-28(30(39)35-31(4,5)6)36(18-22-11-12-23(32)16-27(22)34)29(38)19-37(24-13-10-21(3)26(33)17-24)42(40,41)25-14-8-20(2)9-15-25/h8-17,28H,7,18-19H2,1-6H3,(H,35,39). The van der Waals surface area contributed by atoms with Gasteiger partial charge in [0.15, 0.2) is 0 Å². The molecule has 0 fully saturated rings. The summed E-state index contributed by atoms with van der Waals surface area (Å²) in [6.07, 6.45) is 0.278. The van der Waals surface area contributed by atoms with Gasteiger partial charge in [-0.1, -0.05) is 71.6 Å². The Morgan fingerprint density at radius 1 is 0.905 bits per heavy atom. The van der Waals surface area contributed by atoms with Crippen LogP contribution in [0.25, 0.3) is 0 Å². The van der Waals surface area contributed by atoms with E-state index in [-0.39, 0.29) is 29.5 Å². The number of aryl methyl sites for hydroxylation is 2. The van der Waals surface area contributed by atoms with E-state index in [9.17, 15) is 18.0 Å². The minimum Gasteiger partial charge on any atom is -0.350 e. The van der Waals surface area contributed by atoms with Crippen LogP contribution in [0.3, 0.4) is 0 Å². The van der Waals surface area contributed by atoms with Crippen molar-refractivity contribution < 1.29 is 18.0 Å². The van der Waals surface area contributed by atoms with Gasteiger partial charge in [-0.05, 0) is 88.6 Å². The summed E-state index contributed by atoms with van der Waals surface area (Å²) in [4.78, 5) is 29.0. The predicted octanol–water partition coefficient (Wildman–Crippen LogP) is 7.18. The average molecular weight is 653 g/mol. The predicted molar refractivity (Wildman–Crippen MR) is 171 cm³/mol. The highest BCUT2D eigenvalue weighted by atomic mass is 35.5. The number of benzene rings is 3. The SMILES string of the molecule is CCC(C(=O)NC(C)(C)C)N(Cc1ccc(Cl)cc1Cl)C(=O)CN(c1ccc(C)c(Cl)c1)S(=O)(=O)c1ccc(C)cc1. The molecule has 0 aromatic heterocycles. The lowest BCUT2D eigenvalue weighted by atomic mass is 10.1. The molecule has 226 valence electrons. The average Bonchev–Trinajstić information content (AvgIpc) is 2.89. The quantitative estimate of drug-likeness (QED) is 0.251. The van der Waals surface area contributed by atoms with Crippen LogP contribution in [0.15, 0.2) is 65.6 Å². The van der Waals surface area contributed by atoms with Gasteiger partial charge in [-0.25, -0.2) is 8.42 Å². The van der Waals surface area contributed by atoms with Gasteiger partial charge in [-0.3, -0.25) is 13.9 Å². The highest BCUT2D eigenvalue weighted by Gasteiger charge is 2.35. The molecule has 0 radical (unpaired) electrons. The zero-order valence-corrected chi connectivity index (χ0v) is 27.6. The van der Waals surface area contributed by atoms with Crippen molar-refractivity contribution in [2.45, 2.75) is 71.0 Å². The summed E-state index contributed by atoms with van der Waals surface area (Å²) in [7, 11) is -4.21. The zero-order valence-electron chi connectivity index (χ0n) is 24.5. The van der Waals surface area contributed by atoms with E-state index in [1.807, 2.05) is 27.7 Å². The molecule has 1 atom stereocenters.